The Morgan fingerprint density at radius 2 is 1.79 bits per heavy atom. The van der Waals surface area contributed by atoms with Gasteiger partial charge in [0.2, 0.25) is 0 Å². The molecule has 0 radical (unpaired) electrons. The van der Waals surface area contributed by atoms with Crippen molar-refractivity contribution in [3.8, 4) is 0 Å². The molecule has 1 aromatic carbocycles. The summed E-state index contributed by atoms with van der Waals surface area (Å²) in [6.45, 7) is 0. The highest BCUT2D eigenvalue weighted by atomic mass is 16.4. The van der Waals surface area contributed by atoms with Crippen molar-refractivity contribution in [2.75, 3.05) is 0 Å². The van der Waals surface area contributed by atoms with E-state index in [1.807, 2.05) is 30.4 Å². The van der Waals surface area contributed by atoms with Crippen LogP contribution in [0.15, 0.2) is 42.5 Å². The number of unbranched alkanes of at least 4 members (excludes halogenated alkanes) is 1. The van der Waals surface area contributed by atoms with Crippen molar-refractivity contribution in [1.29, 1.82) is 0 Å². The molecule has 1 aliphatic carbocycles. The number of aliphatic hydroxyl groups is 3. The third-order valence-corrected chi connectivity index (χ3v) is 5.80. The summed E-state index contributed by atoms with van der Waals surface area (Å²) in [5.41, 5.74) is 1.21. The second-order valence-corrected chi connectivity index (χ2v) is 7.95. The monoisotopic (exact) mass is 390 g/mol. The fourth-order valence-electron chi connectivity index (χ4n) is 4.16. The fourth-order valence-corrected chi connectivity index (χ4v) is 4.16. The van der Waals surface area contributed by atoms with E-state index in [1.165, 1.54) is 5.56 Å². The number of allylic oxidation sites excluding steroid dienone is 2. The Morgan fingerprint density at radius 1 is 1.07 bits per heavy atom. The molecular weight excluding hydrogens is 356 g/mol. The van der Waals surface area contributed by atoms with Gasteiger partial charge in [0.1, 0.15) is 0 Å². The highest BCUT2D eigenvalue weighted by Crippen LogP contribution is 2.38. The number of carbonyl (C=O) groups is 1. The van der Waals surface area contributed by atoms with Crippen LogP contribution in [0, 0.1) is 11.8 Å². The van der Waals surface area contributed by atoms with Crippen LogP contribution in [0.5, 0.6) is 0 Å². The predicted molar refractivity (Wildman–Crippen MR) is 109 cm³/mol. The molecule has 0 spiro atoms. The van der Waals surface area contributed by atoms with Gasteiger partial charge in [-0.05, 0) is 68.8 Å². The van der Waals surface area contributed by atoms with E-state index in [-0.39, 0.29) is 18.3 Å². The summed E-state index contributed by atoms with van der Waals surface area (Å²) < 4.78 is 0. The molecular formula is C23H34O5. The lowest BCUT2D eigenvalue weighted by Gasteiger charge is -2.23. The van der Waals surface area contributed by atoms with Crippen LogP contribution in [0.3, 0.4) is 0 Å². The van der Waals surface area contributed by atoms with Crippen LogP contribution in [0.2, 0.25) is 0 Å². The van der Waals surface area contributed by atoms with E-state index in [1.54, 1.807) is 0 Å². The second kappa shape index (κ2) is 12.0. The van der Waals surface area contributed by atoms with E-state index in [0.717, 1.165) is 6.42 Å². The molecule has 0 amide bonds. The summed E-state index contributed by atoms with van der Waals surface area (Å²) >= 11 is 0. The predicted octanol–water partition coefficient (Wildman–Crippen LogP) is 3.32. The zero-order valence-corrected chi connectivity index (χ0v) is 16.5. The number of rotatable bonds is 12. The van der Waals surface area contributed by atoms with E-state index in [9.17, 15) is 20.1 Å². The molecule has 0 aromatic heterocycles. The van der Waals surface area contributed by atoms with E-state index in [0.29, 0.717) is 44.9 Å². The first-order valence-corrected chi connectivity index (χ1v) is 10.4. The van der Waals surface area contributed by atoms with Crippen molar-refractivity contribution in [3.05, 3.63) is 48.0 Å². The average molecular weight is 391 g/mol. The molecule has 5 nitrogen and oxygen atoms in total. The number of aliphatic hydroxyl groups excluding tert-OH is 3. The SMILES string of the molecule is O=C(O)CCC/C=C/C[C@@H]1[C@@H](CC[C@H](O)CCc2ccccc2)[C@H](O)C[C@@H]1O. The summed E-state index contributed by atoms with van der Waals surface area (Å²) in [6.07, 6.45) is 7.91. The molecule has 1 aliphatic rings. The molecule has 0 unspecified atom stereocenters. The minimum Gasteiger partial charge on any atom is -0.481 e. The maximum Gasteiger partial charge on any atom is 0.303 e. The highest BCUT2D eigenvalue weighted by molar-refractivity contribution is 5.66. The first-order chi connectivity index (χ1) is 13.5. The third-order valence-electron chi connectivity index (χ3n) is 5.80. The second-order valence-electron chi connectivity index (χ2n) is 7.95. The molecule has 1 saturated carbocycles. The van der Waals surface area contributed by atoms with Gasteiger partial charge >= 0.3 is 5.97 Å². The number of carboxylic acids is 1. The topological polar surface area (TPSA) is 98.0 Å². The lowest BCUT2D eigenvalue weighted by molar-refractivity contribution is -0.137. The molecule has 5 heteroatoms. The number of hydrogen-bond acceptors (Lipinski definition) is 4. The average Bonchev–Trinajstić information content (AvgIpc) is 2.94. The van der Waals surface area contributed by atoms with Gasteiger partial charge in [0.15, 0.2) is 0 Å². The molecule has 156 valence electrons. The number of aliphatic carboxylic acids is 1. The summed E-state index contributed by atoms with van der Waals surface area (Å²) in [4.78, 5) is 10.5. The summed E-state index contributed by atoms with van der Waals surface area (Å²) in [6, 6.07) is 10.1. The third kappa shape index (κ3) is 7.74. The summed E-state index contributed by atoms with van der Waals surface area (Å²) in [7, 11) is 0. The van der Waals surface area contributed by atoms with Gasteiger partial charge in [-0.2, -0.15) is 0 Å². The number of aryl methyl sites for hydroxylation is 1. The number of carboxylic acid groups (broad SMARTS) is 1. The Kier molecular flexibility index (Phi) is 9.68. The molecule has 0 bridgehead atoms. The Balaban J connectivity index is 1.74. The molecule has 1 aromatic rings. The standard InChI is InChI=1S/C23H34O5/c24-18(13-12-17-8-4-3-5-9-17)14-15-20-19(21(25)16-22(20)26)10-6-1-2-7-11-23(27)28/h1,3-6,8-9,18-22,24-26H,2,7,10-16H2,(H,27,28)/b6-1+/t18-,19-,20-,21+,22-/m1/s1. The van der Waals surface area contributed by atoms with Gasteiger partial charge in [-0.15, -0.1) is 0 Å². The molecule has 0 heterocycles. The zero-order valence-electron chi connectivity index (χ0n) is 16.5. The molecule has 0 aliphatic heterocycles. The smallest absolute Gasteiger partial charge is 0.303 e. The maximum atomic E-state index is 10.5. The number of benzene rings is 1. The first-order valence-electron chi connectivity index (χ1n) is 10.4. The van der Waals surface area contributed by atoms with Gasteiger partial charge in [-0.25, -0.2) is 0 Å². The summed E-state index contributed by atoms with van der Waals surface area (Å²) in [5.74, 6) is -0.800. The van der Waals surface area contributed by atoms with Gasteiger partial charge in [0.25, 0.3) is 0 Å². The zero-order chi connectivity index (χ0) is 20.4. The molecule has 4 N–H and O–H groups in total. The summed E-state index contributed by atoms with van der Waals surface area (Å²) in [5, 5.41) is 39.6. The number of hydrogen-bond donors (Lipinski definition) is 4. The van der Waals surface area contributed by atoms with Crippen molar-refractivity contribution in [2.45, 2.75) is 76.1 Å². The fraction of sp³-hybridized carbons (Fsp3) is 0.609. The van der Waals surface area contributed by atoms with Crippen molar-refractivity contribution in [2.24, 2.45) is 11.8 Å². The minimum atomic E-state index is -0.784. The molecule has 28 heavy (non-hydrogen) atoms. The van der Waals surface area contributed by atoms with Crippen molar-refractivity contribution < 1.29 is 25.2 Å². The van der Waals surface area contributed by atoms with Crippen LogP contribution in [0.1, 0.15) is 56.9 Å². The van der Waals surface area contributed by atoms with Gasteiger partial charge in [0, 0.05) is 6.42 Å². The normalized spacial score (nSPS) is 26.0. The van der Waals surface area contributed by atoms with Crippen LogP contribution in [-0.2, 0) is 11.2 Å². The van der Waals surface area contributed by atoms with E-state index >= 15 is 0 Å². The Bertz CT molecular complexity index is 600. The maximum absolute atomic E-state index is 10.5. The lowest BCUT2D eigenvalue weighted by Crippen LogP contribution is -2.23. The van der Waals surface area contributed by atoms with Crippen molar-refractivity contribution in [1.82, 2.24) is 0 Å². The van der Waals surface area contributed by atoms with Gasteiger partial charge in [0.05, 0.1) is 18.3 Å². The molecule has 5 atom stereocenters. The largest absolute Gasteiger partial charge is 0.481 e. The van der Waals surface area contributed by atoms with Crippen molar-refractivity contribution >= 4 is 5.97 Å². The first kappa shape index (κ1) is 22.6. The van der Waals surface area contributed by atoms with Gasteiger partial charge < -0.3 is 20.4 Å². The molecule has 0 saturated heterocycles. The molecule has 1 fully saturated rings. The Morgan fingerprint density at radius 3 is 2.50 bits per heavy atom. The van der Waals surface area contributed by atoms with Crippen LogP contribution in [-0.4, -0.2) is 44.7 Å². The van der Waals surface area contributed by atoms with E-state index in [2.05, 4.69) is 12.1 Å². The van der Waals surface area contributed by atoms with E-state index < -0.39 is 24.3 Å². The van der Waals surface area contributed by atoms with Crippen molar-refractivity contribution in [3.63, 3.8) is 0 Å². The quantitative estimate of drug-likeness (QED) is 0.324. The van der Waals surface area contributed by atoms with Crippen LogP contribution < -0.4 is 0 Å². The highest BCUT2D eigenvalue weighted by Gasteiger charge is 2.40. The van der Waals surface area contributed by atoms with E-state index in [4.69, 9.17) is 5.11 Å². The molecule has 2 rings (SSSR count). The Labute approximate surface area is 167 Å². The minimum absolute atomic E-state index is 0.00736. The van der Waals surface area contributed by atoms with Gasteiger partial charge in [-0.3, -0.25) is 4.79 Å². The van der Waals surface area contributed by atoms with Crippen LogP contribution in [0.25, 0.3) is 0 Å². The van der Waals surface area contributed by atoms with Crippen LogP contribution in [0.4, 0.5) is 0 Å². The lowest BCUT2D eigenvalue weighted by atomic mass is 9.85. The Hall–Kier alpha value is -1.69. The van der Waals surface area contributed by atoms with Gasteiger partial charge in [-0.1, -0.05) is 42.5 Å². The van der Waals surface area contributed by atoms with Crippen LogP contribution >= 0.6 is 0 Å².